The van der Waals surface area contributed by atoms with Gasteiger partial charge in [0.25, 0.3) is 5.78 Å². The fourth-order valence-electron chi connectivity index (χ4n) is 3.89. The summed E-state index contributed by atoms with van der Waals surface area (Å²) >= 11 is 0. The zero-order valence-electron chi connectivity index (χ0n) is 19.7. The maximum absolute atomic E-state index is 13.3. The molecule has 1 aromatic heterocycles. The monoisotopic (exact) mass is 462 g/mol. The number of Topliss-reactive ketones (excluding diaryl/α,β-unsaturated/α-hetero) is 1. The summed E-state index contributed by atoms with van der Waals surface area (Å²) in [6, 6.07) is 14.4. The molecular weight excluding hydrogens is 436 g/mol. The van der Waals surface area contributed by atoms with Crippen molar-refractivity contribution in [2.75, 3.05) is 19.1 Å². The van der Waals surface area contributed by atoms with E-state index in [1.807, 2.05) is 20.8 Å². The molecule has 1 unspecified atom stereocenters. The van der Waals surface area contributed by atoms with Crippen LogP contribution in [-0.4, -0.2) is 36.2 Å². The quantitative estimate of drug-likeness (QED) is 0.335. The Morgan fingerprint density at radius 2 is 1.68 bits per heavy atom. The normalized spacial score (nSPS) is 17.8. The second-order valence-corrected chi connectivity index (χ2v) is 8.95. The van der Waals surface area contributed by atoms with Crippen molar-refractivity contribution in [3.8, 4) is 11.5 Å². The minimum Gasteiger partial charge on any atom is -0.507 e. The van der Waals surface area contributed by atoms with Gasteiger partial charge in [0, 0.05) is 17.0 Å². The highest BCUT2D eigenvalue weighted by atomic mass is 16.5. The molecule has 1 amide bonds. The Morgan fingerprint density at radius 1 is 1.00 bits per heavy atom. The Balaban J connectivity index is 1.95. The maximum Gasteiger partial charge on any atom is 0.301 e. The summed E-state index contributed by atoms with van der Waals surface area (Å²) in [4.78, 5) is 27.8. The van der Waals surface area contributed by atoms with E-state index < -0.39 is 17.7 Å². The van der Waals surface area contributed by atoms with E-state index in [9.17, 15) is 14.7 Å². The predicted octanol–water partition coefficient (Wildman–Crippen LogP) is 4.62. The first kappa shape index (κ1) is 23.1. The topological polar surface area (TPSA) is 102 Å². The molecule has 0 saturated carbocycles. The van der Waals surface area contributed by atoms with Crippen LogP contribution in [0.4, 0.5) is 5.82 Å². The van der Waals surface area contributed by atoms with E-state index in [-0.39, 0.29) is 22.6 Å². The molecule has 1 saturated heterocycles. The van der Waals surface area contributed by atoms with Crippen molar-refractivity contribution >= 4 is 23.3 Å². The van der Waals surface area contributed by atoms with Gasteiger partial charge in [-0.3, -0.25) is 14.5 Å². The Labute approximate surface area is 197 Å². The molecule has 4 rings (SSSR count). The summed E-state index contributed by atoms with van der Waals surface area (Å²) in [6.07, 6.45) is 0. The largest absolute Gasteiger partial charge is 0.507 e. The number of benzene rings is 2. The van der Waals surface area contributed by atoms with Gasteiger partial charge in [0.1, 0.15) is 11.5 Å². The lowest BCUT2D eigenvalue weighted by molar-refractivity contribution is -0.132. The van der Waals surface area contributed by atoms with Crippen molar-refractivity contribution in [3.05, 3.63) is 77.1 Å². The second kappa shape index (κ2) is 8.70. The lowest BCUT2D eigenvalue weighted by Crippen LogP contribution is -2.29. The molecular formula is C26H26N2O6. The number of ketones is 1. The van der Waals surface area contributed by atoms with Crippen LogP contribution in [0, 0.1) is 0 Å². The van der Waals surface area contributed by atoms with Crippen LogP contribution >= 0.6 is 0 Å². The van der Waals surface area contributed by atoms with Crippen LogP contribution in [0.3, 0.4) is 0 Å². The minimum absolute atomic E-state index is 0.0521. The number of aliphatic hydroxyl groups excluding tert-OH is 1. The molecule has 1 aliphatic heterocycles. The molecule has 176 valence electrons. The lowest BCUT2D eigenvalue weighted by atomic mass is 9.93. The molecule has 2 heterocycles. The van der Waals surface area contributed by atoms with E-state index >= 15 is 0 Å². The molecule has 34 heavy (non-hydrogen) atoms. The van der Waals surface area contributed by atoms with E-state index in [0.29, 0.717) is 28.4 Å². The molecule has 1 aliphatic rings. The van der Waals surface area contributed by atoms with Crippen molar-refractivity contribution in [3.63, 3.8) is 0 Å². The molecule has 3 aromatic rings. The van der Waals surface area contributed by atoms with Crippen LogP contribution in [0.15, 0.2) is 64.7 Å². The predicted molar refractivity (Wildman–Crippen MR) is 126 cm³/mol. The van der Waals surface area contributed by atoms with Crippen molar-refractivity contribution in [1.29, 1.82) is 0 Å². The van der Waals surface area contributed by atoms with Gasteiger partial charge in [0.2, 0.25) is 0 Å². The van der Waals surface area contributed by atoms with Crippen LogP contribution in [-0.2, 0) is 15.0 Å². The fraction of sp³-hybridized carbons (Fsp3) is 0.269. The Kier molecular flexibility index (Phi) is 5.91. The number of aliphatic hydroxyl groups is 1. The highest BCUT2D eigenvalue weighted by molar-refractivity contribution is 6.51. The SMILES string of the molecule is COc1ccc(C2C(=C(O)c3ccccc3)C(=O)C(=O)N2c2cc(C(C)(C)C)on2)cc1OC. The zero-order valence-corrected chi connectivity index (χ0v) is 19.7. The third-order valence-electron chi connectivity index (χ3n) is 5.70. The van der Waals surface area contributed by atoms with Crippen molar-refractivity contribution in [2.45, 2.75) is 32.2 Å². The third kappa shape index (κ3) is 3.91. The number of nitrogens with zero attached hydrogens (tertiary/aromatic N) is 2. The van der Waals surface area contributed by atoms with E-state index in [1.54, 1.807) is 54.6 Å². The number of hydrogen-bond donors (Lipinski definition) is 1. The smallest absolute Gasteiger partial charge is 0.301 e. The van der Waals surface area contributed by atoms with Gasteiger partial charge < -0.3 is 19.1 Å². The average Bonchev–Trinajstić information content (AvgIpc) is 3.42. The van der Waals surface area contributed by atoms with Gasteiger partial charge in [-0.25, -0.2) is 0 Å². The Morgan fingerprint density at radius 3 is 2.26 bits per heavy atom. The van der Waals surface area contributed by atoms with Crippen molar-refractivity contribution in [1.82, 2.24) is 5.16 Å². The van der Waals surface area contributed by atoms with E-state index in [2.05, 4.69) is 5.16 Å². The number of rotatable bonds is 5. The number of methoxy groups -OCH3 is 2. The first-order valence-electron chi connectivity index (χ1n) is 10.7. The Bertz CT molecular complexity index is 1270. The number of aromatic nitrogens is 1. The third-order valence-corrected chi connectivity index (χ3v) is 5.70. The molecule has 1 atom stereocenters. The van der Waals surface area contributed by atoms with Crippen molar-refractivity contribution < 1.29 is 28.7 Å². The number of ether oxygens (including phenoxy) is 2. The van der Waals surface area contributed by atoms with Gasteiger partial charge in [0.15, 0.2) is 17.3 Å². The molecule has 0 spiro atoms. The summed E-state index contributed by atoms with van der Waals surface area (Å²) in [6.45, 7) is 5.85. The molecule has 8 heteroatoms. The van der Waals surface area contributed by atoms with E-state index in [0.717, 1.165) is 0 Å². The molecule has 0 radical (unpaired) electrons. The van der Waals surface area contributed by atoms with Crippen LogP contribution in [0.25, 0.3) is 5.76 Å². The van der Waals surface area contributed by atoms with Gasteiger partial charge in [-0.1, -0.05) is 62.3 Å². The summed E-state index contributed by atoms with van der Waals surface area (Å²) < 4.78 is 16.3. The van der Waals surface area contributed by atoms with Crippen LogP contribution in [0.5, 0.6) is 11.5 Å². The maximum atomic E-state index is 13.3. The number of anilines is 1. The van der Waals surface area contributed by atoms with Gasteiger partial charge >= 0.3 is 5.91 Å². The molecule has 8 nitrogen and oxygen atoms in total. The molecule has 0 aliphatic carbocycles. The summed E-state index contributed by atoms with van der Waals surface area (Å²) in [5.41, 5.74) is 0.543. The summed E-state index contributed by atoms with van der Waals surface area (Å²) in [7, 11) is 3.01. The minimum atomic E-state index is -0.960. The highest BCUT2D eigenvalue weighted by Gasteiger charge is 2.48. The number of carbonyl (C=O) groups is 2. The molecule has 1 N–H and O–H groups in total. The van der Waals surface area contributed by atoms with Crippen LogP contribution in [0.1, 0.15) is 43.7 Å². The lowest BCUT2D eigenvalue weighted by Gasteiger charge is -2.23. The first-order chi connectivity index (χ1) is 16.2. The van der Waals surface area contributed by atoms with Gasteiger partial charge in [-0.15, -0.1) is 0 Å². The summed E-state index contributed by atoms with van der Waals surface area (Å²) in [5, 5.41) is 15.2. The number of hydrogen-bond acceptors (Lipinski definition) is 7. The highest BCUT2D eigenvalue weighted by Crippen LogP contribution is 2.44. The van der Waals surface area contributed by atoms with Gasteiger partial charge in [-0.2, -0.15) is 0 Å². The molecule has 0 bridgehead atoms. The zero-order chi connectivity index (χ0) is 24.6. The average molecular weight is 463 g/mol. The van der Waals surface area contributed by atoms with Crippen LogP contribution in [0.2, 0.25) is 0 Å². The van der Waals surface area contributed by atoms with E-state index in [4.69, 9.17) is 14.0 Å². The van der Waals surface area contributed by atoms with Crippen molar-refractivity contribution in [2.24, 2.45) is 0 Å². The van der Waals surface area contributed by atoms with E-state index in [1.165, 1.54) is 19.1 Å². The standard InChI is InChI=1S/C26H26N2O6/c1-26(2,3)19-14-20(27-34-19)28-22(16-11-12-17(32-4)18(13-16)33-5)21(24(30)25(28)31)23(29)15-9-7-6-8-10-15/h6-14,22,29H,1-5H3. The Hall–Kier alpha value is -4.07. The fourth-order valence-corrected chi connectivity index (χ4v) is 3.89. The second-order valence-electron chi connectivity index (χ2n) is 8.95. The first-order valence-corrected chi connectivity index (χ1v) is 10.7. The molecule has 1 fully saturated rings. The van der Waals surface area contributed by atoms with Gasteiger partial charge in [-0.05, 0) is 17.7 Å². The van der Waals surface area contributed by atoms with Crippen LogP contribution < -0.4 is 14.4 Å². The number of amides is 1. The van der Waals surface area contributed by atoms with Gasteiger partial charge in [0.05, 0.1) is 25.8 Å². The number of carbonyl (C=O) groups excluding carboxylic acids is 2. The molecule has 2 aromatic carbocycles. The summed E-state index contributed by atoms with van der Waals surface area (Å²) in [5.74, 6) is -0.269.